The molecule has 0 spiro atoms. The van der Waals surface area contributed by atoms with E-state index in [0.29, 0.717) is 17.1 Å². The van der Waals surface area contributed by atoms with Gasteiger partial charge in [0, 0.05) is 22.8 Å². The van der Waals surface area contributed by atoms with E-state index in [1.54, 1.807) is 0 Å². The van der Waals surface area contributed by atoms with Crippen molar-refractivity contribution in [1.82, 2.24) is 5.32 Å². The van der Waals surface area contributed by atoms with E-state index in [1.807, 2.05) is 13.8 Å². The van der Waals surface area contributed by atoms with Crippen molar-refractivity contribution < 1.29 is 8.78 Å². The molecule has 0 aliphatic carbocycles. The maximum Gasteiger partial charge on any atom is 0.139 e. The molecule has 0 saturated carbocycles. The predicted octanol–water partition coefficient (Wildman–Crippen LogP) is 3.34. The Hall–Kier alpha value is -1.12. The van der Waals surface area contributed by atoms with Gasteiger partial charge in [-0.3, -0.25) is 5.32 Å². The standard InChI is InChI=1S/C13H16F2N2S/c1-9(2)17-11(8-16)5-6-18-13-4-3-10(14)7-12(13)15/h3-4,7,9,11,17H,5-6H2,1-2H3. The third kappa shape index (κ3) is 5.03. The summed E-state index contributed by atoms with van der Waals surface area (Å²) in [5.74, 6) is -0.515. The van der Waals surface area contributed by atoms with Gasteiger partial charge in [-0.15, -0.1) is 11.8 Å². The molecule has 0 fully saturated rings. The van der Waals surface area contributed by atoms with Crippen LogP contribution in [-0.4, -0.2) is 17.8 Å². The van der Waals surface area contributed by atoms with Gasteiger partial charge in [-0.25, -0.2) is 8.78 Å². The quantitative estimate of drug-likeness (QED) is 0.805. The molecule has 1 rings (SSSR count). The van der Waals surface area contributed by atoms with Gasteiger partial charge in [-0.1, -0.05) is 0 Å². The van der Waals surface area contributed by atoms with Crippen LogP contribution in [0.25, 0.3) is 0 Å². The Morgan fingerprint density at radius 1 is 1.39 bits per heavy atom. The molecule has 0 aromatic heterocycles. The molecule has 0 saturated heterocycles. The number of rotatable bonds is 6. The average molecular weight is 270 g/mol. The molecular formula is C13H16F2N2S. The van der Waals surface area contributed by atoms with Crippen molar-refractivity contribution >= 4 is 11.8 Å². The lowest BCUT2D eigenvalue weighted by Crippen LogP contribution is -2.33. The predicted molar refractivity (Wildman–Crippen MR) is 69.4 cm³/mol. The fraction of sp³-hybridized carbons (Fsp3) is 0.462. The first-order valence-electron chi connectivity index (χ1n) is 5.76. The van der Waals surface area contributed by atoms with Crippen molar-refractivity contribution in [1.29, 1.82) is 5.26 Å². The number of benzene rings is 1. The van der Waals surface area contributed by atoms with Gasteiger partial charge in [-0.2, -0.15) is 5.26 Å². The van der Waals surface area contributed by atoms with E-state index in [0.717, 1.165) is 6.07 Å². The summed E-state index contributed by atoms with van der Waals surface area (Å²) >= 11 is 1.29. The maximum absolute atomic E-state index is 13.3. The Labute approximate surface area is 110 Å². The van der Waals surface area contributed by atoms with E-state index in [4.69, 9.17) is 5.26 Å². The Balaban J connectivity index is 2.43. The number of thioether (sulfide) groups is 1. The zero-order valence-electron chi connectivity index (χ0n) is 10.4. The van der Waals surface area contributed by atoms with E-state index >= 15 is 0 Å². The minimum atomic E-state index is -0.576. The van der Waals surface area contributed by atoms with Crippen LogP contribution in [0.3, 0.4) is 0 Å². The molecule has 1 N–H and O–H groups in total. The van der Waals surface area contributed by atoms with Crippen LogP contribution in [0.15, 0.2) is 23.1 Å². The van der Waals surface area contributed by atoms with E-state index in [1.165, 1.54) is 23.9 Å². The zero-order chi connectivity index (χ0) is 13.5. The van der Waals surface area contributed by atoms with Gasteiger partial charge in [0.2, 0.25) is 0 Å². The van der Waals surface area contributed by atoms with E-state index < -0.39 is 11.6 Å². The molecule has 1 aromatic carbocycles. The molecule has 2 nitrogen and oxygen atoms in total. The molecular weight excluding hydrogens is 254 g/mol. The van der Waals surface area contributed by atoms with Crippen LogP contribution < -0.4 is 5.32 Å². The van der Waals surface area contributed by atoms with Crippen LogP contribution in [0.4, 0.5) is 8.78 Å². The largest absolute Gasteiger partial charge is 0.300 e. The highest BCUT2D eigenvalue weighted by Gasteiger charge is 2.10. The van der Waals surface area contributed by atoms with Crippen molar-refractivity contribution in [2.24, 2.45) is 0 Å². The minimum absolute atomic E-state index is 0.235. The van der Waals surface area contributed by atoms with Crippen molar-refractivity contribution in [2.75, 3.05) is 5.75 Å². The average Bonchev–Trinajstić information content (AvgIpc) is 2.30. The first kappa shape index (κ1) is 14.9. The lowest BCUT2D eigenvalue weighted by molar-refractivity contribution is 0.522. The maximum atomic E-state index is 13.3. The molecule has 1 unspecified atom stereocenters. The van der Waals surface area contributed by atoms with Crippen LogP contribution in [-0.2, 0) is 0 Å². The second-order valence-electron chi connectivity index (χ2n) is 4.21. The van der Waals surface area contributed by atoms with Gasteiger partial charge < -0.3 is 0 Å². The summed E-state index contributed by atoms with van der Waals surface area (Å²) in [5, 5.41) is 12.0. The zero-order valence-corrected chi connectivity index (χ0v) is 11.2. The van der Waals surface area contributed by atoms with Gasteiger partial charge in [0.15, 0.2) is 0 Å². The van der Waals surface area contributed by atoms with Crippen LogP contribution in [0.2, 0.25) is 0 Å². The number of hydrogen-bond acceptors (Lipinski definition) is 3. The molecule has 0 aliphatic rings. The molecule has 5 heteroatoms. The third-order valence-corrected chi connectivity index (χ3v) is 3.33. The molecule has 1 aromatic rings. The summed E-state index contributed by atoms with van der Waals surface area (Å²) in [7, 11) is 0. The number of hydrogen-bond donors (Lipinski definition) is 1. The monoisotopic (exact) mass is 270 g/mol. The van der Waals surface area contributed by atoms with Crippen molar-refractivity contribution in [3.05, 3.63) is 29.8 Å². The highest BCUT2D eigenvalue weighted by Crippen LogP contribution is 2.23. The summed E-state index contributed by atoms with van der Waals surface area (Å²) in [6.07, 6.45) is 0.621. The highest BCUT2D eigenvalue weighted by atomic mass is 32.2. The molecule has 98 valence electrons. The summed E-state index contributed by atoms with van der Waals surface area (Å²) in [5.41, 5.74) is 0. The van der Waals surface area contributed by atoms with Crippen molar-refractivity contribution in [2.45, 2.75) is 37.2 Å². The van der Waals surface area contributed by atoms with Gasteiger partial charge >= 0.3 is 0 Å². The van der Waals surface area contributed by atoms with Gasteiger partial charge in [0.1, 0.15) is 11.6 Å². The molecule has 18 heavy (non-hydrogen) atoms. The van der Waals surface area contributed by atoms with Crippen LogP contribution >= 0.6 is 11.8 Å². The topological polar surface area (TPSA) is 35.8 Å². The van der Waals surface area contributed by atoms with Crippen molar-refractivity contribution in [3.8, 4) is 6.07 Å². The van der Waals surface area contributed by atoms with Gasteiger partial charge in [-0.05, 0) is 32.4 Å². The second kappa shape index (κ2) is 7.34. The van der Waals surface area contributed by atoms with Crippen LogP contribution in [0, 0.1) is 23.0 Å². The SMILES string of the molecule is CC(C)NC(C#N)CCSc1ccc(F)cc1F. The lowest BCUT2D eigenvalue weighted by atomic mass is 10.2. The third-order valence-electron chi connectivity index (χ3n) is 2.25. The van der Waals surface area contributed by atoms with Crippen LogP contribution in [0.5, 0.6) is 0 Å². The van der Waals surface area contributed by atoms with E-state index in [9.17, 15) is 8.78 Å². The molecule has 0 heterocycles. The Bertz CT molecular complexity index is 429. The number of nitriles is 1. The lowest BCUT2D eigenvalue weighted by Gasteiger charge is -2.14. The van der Waals surface area contributed by atoms with Gasteiger partial charge in [0.05, 0.1) is 12.1 Å². The first-order valence-corrected chi connectivity index (χ1v) is 6.75. The van der Waals surface area contributed by atoms with E-state index in [-0.39, 0.29) is 12.1 Å². The normalized spacial score (nSPS) is 12.4. The van der Waals surface area contributed by atoms with E-state index in [2.05, 4.69) is 11.4 Å². The first-order chi connectivity index (χ1) is 8.52. The fourth-order valence-corrected chi connectivity index (χ4v) is 2.40. The number of halogens is 2. The number of nitrogens with one attached hydrogen (secondary N) is 1. The molecule has 1 atom stereocenters. The van der Waals surface area contributed by atoms with Crippen LogP contribution in [0.1, 0.15) is 20.3 Å². The minimum Gasteiger partial charge on any atom is -0.300 e. The van der Waals surface area contributed by atoms with Crippen molar-refractivity contribution in [3.63, 3.8) is 0 Å². The summed E-state index contributed by atoms with van der Waals surface area (Å²) in [6, 6.07) is 5.70. The Morgan fingerprint density at radius 3 is 2.67 bits per heavy atom. The smallest absolute Gasteiger partial charge is 0.139 e. The second-order valence-corrected chi connectivity index (χ2v) is 5.35. The Kier molecular flexibility index (Phi) is 6.10. The molecule has 0 radical (unpaired) electrons. The molecule has 0 aliphatic heterocycles. The number of nitrogens with zero attached hydrogens (tertiary/aromatic N) is 1. The summed E-state index contributed by atoms with van der Waals surface area (Å²) in [6.45, 7) is 3.94. The molecule has 0 bridgehead atoms. The molecule has 0 amide bonds. The Morgan fingerprint density at radius 2 is 2.11 bits per heavy atom. The fourth-order valence-electron chi connectivity index (χ4n) is 1.47. The summed E-state index contributed by atoms with van der Waals surface area (Å²) in [4.78, 5) is 0.414. The van der Waals surface area contributed by atoms with Gasteiger partial charge in [0.25, 0.3) is 0 Å². The highest BCUT2D eigenvalue weighted by molar-refractivity contribution is 7.99. The summed E-state index contributed by atoms with van der Waals surface area (Å²) < 4.78 is 26.0.